The first kappa shape index (κ1) is 21.0. The van der Waals surface area contributed by atoms with Crippen molar-refractivity contribution in [1.82, 2.24) is 0 Å². The Hall–Kier alpha value is -1.02. The average Bonchev–Trinajstić information content (AvgIpc) is 2.55. The Morgan fingerprint density at radius 2 is 1.42 bits per heavy atom. The molecule has 0 atom stereocenters. The molecule has 0 amide bonds. The van der Waals surface area contributed by atoms with Gasteiger partial charge in [0.15, 0.2) is 0 Å². The molecule has 1 rings (SSSR count). The van der Waals surface area contributed by atoms with Gasteiger partial charge in [0.1, 0.15) is 0 Å². The molecule has 138 valence electrons. The van der Waals surface area contributed by atoms with Gasteiger partial charge in [-0.3, -0.25) is 10.3 Å². The van der Waals surface area contributed by atoms with Crippen LogP contribution >= 0.6 is 0 Å². The SMILES string of the molecule is CCCCCCCCCCCCONc1cccc(C(C)(C)C)c1. The predicted octanol–water partition coefficient (Wildman–Crippen LogP) is 7.25. The summed E-state index contributed by atoms with van der Waals surface area (Å²) >= 11 is 0. The summed E-state index contributed by atoms with van der Waals surface area (Å²) in [6.07, 6.45) is 13.6. The van der Waals surface area contributed by atoms with E-state index in [9.17, 15) is 0 Å². The molecule has 0 aliphatic heterocycles. The number of hydrogen-bond acceptors (Lipinski definition) is 2. The molecule has 0 radical (unpaired) electrons. The van der Waals surface area contributed by atoms with Gasteiger partial charge in [-0.05, 0) is 29.5 Å². The summed E-state index contributed by atoms with van der Waals surface area (Å²) in [6.45, 7) is 9.76. The summed E-state index contributed by atoms with van der Waals surface area (Å²) in [5.74, 6) is 0. The lowest BCUT2D eigenvalue weighted by molar-refractivity contribution is 0.187. The highest BCUT2D eigenvalue weighted by Gasteiger charge is 2.13. The maximum Gasteiger partial charge on any atom is 0.0746 e. The molecule has 0 aromatic heterocycles. The van der Waals surface area contributed by atoms with Gasteiger partial charge < -0.3 is 0 Å². The third-order valence-corrected chi connectivity index (χ3v) is 4.52. The maximum atomic E-state index is 5.61. The zero-order valence-electron chi connectivity index (χ0n) is 16.5. The highest BCUT2D eigenvalue weighted by Crippen LogP contribution is 2.24. The molecule has 0 saturated heterocycles. The molecule has 0 saturated carbocycles. The number of hydrogen-bond donors (Lipinski definition) is 1. The molecule has 0 heterocycles. The number of nitrogens with one attached hydrogen (secondary N) is 1. The van der Waals surface area contributed by atoms with Crippen LogP contribution in [0.15, 0.2) is 24.3 Å². The van der Waals surface area contributed by atoms with Gasteiger partial charge in [0, 0.05) is 0 Å². The van der Waals surface area contributed by atoms with Gasteiger partial charge in [-0.1, -0.05) is 97.6 Å². The molecular weight excluding hydrogens is 294 g/mol. The Kier molecular flexibility index (Phi) is 10.8. The number of rotatable bonds is 13. The third-order valence-electron chi connectivity index (χ3n) is 4.52. The molecule has 0 spiro atoms. The van der Waals surface area contributed by atoms with E-state index in [-0.39, 0.29) is 5.41 Å². The Morgan fingerprint density at radius 1 is 0.833 bits per heavy atom. The van der Waals surface area contributed by atoms with Crippen molar-refractivity contribution in [3.05, 3.63) is 29.8 Å². The van der Waals surface area contributed by atoms with Gasteiger partial charge in [-0.15, -0.1) is 0 Å². The first-order valence-corrected chi connectivity index (χ1v) is 10.0. The van der Waals surface area contributed by atoms with Crippen molar-refractivity contribution < 1.29 is 4.84 Å². The van der Waals surface area contributed by atoms with Gasteiger partial charge in [0.05, 0.1) is 12.3 Å². The van der Waals surface area contributed by atoms with Crippen LogP contribution in [0.25, 0.3) is 0 Å². The van der Waals surface area contributed by atoms with Crippen LogP contribution in [0, 0.1) is 0 Å². The molecule has 1 aromatic rings. The number of benzene rings is 1. The number of unbranched alkanes of at least 4 members (excludes halogenated alkanes) is 9. The van der Waals surface area contributed by atoms with Gasteiger partial charge in [-0.25, -0.2) is 0 Å². The highest BCUT2D eigenvalue weighted by atomic mass is 16.6. The Labute approximate surface area is 150 Å². The lowest BCUT2D eigenvalue weighted by Crippen LogP contribution is -2.11. The van der Waals surface area contributed by atoms with Crippen LogP contribution in [0.5, 0.6) is 0 Å². The normalized spacial score (nSPS) is 11.7. The number of anilines is 1. The molecule has 0 bridgehead atoms. The van der Waals surface area contributed by atoms with Gasteiger partial charge in [-0.2, -0.15) is 0 Å². The van der Waals surface area contributed by atoms with Crippen molar-refractivity contribution in [2.45, 2.75) is 97.3 Å². The quantitative estimate of drug-likeness (QED) is 0.303. The van der Waals surface area contributed by atoms with Crippen molar-refractivity contribution in [3.63, 3.8) is 0 Å². The van der Waals surface area contributed by atoms with E-state index in [4.69, 9.17) is 4.84 Å². The molecule has 0 aliphatic carbocycles. The fraction of sp³-hybridized carbons (Fsp3) is 0.727. The van der Waals surface area contributed by atoms with E-state index in [0.29, 0.717) is 0 Å². The van der Waals surface area contributed by atoms with E-state index in [1.807, 2.05) is 0 Å². The molecule has 0 fully saturated rings. The summed E-state index contributed by atoms with van der Waals surface area (Å²) in [6, 6.07) is 8.51. The Bertz CT molecular complexity index is 422. The topological polar surface area (TPSA) is 21.3 Å². The summed E-state index contributed by atoms with van der Waals surface area (Å²) < 4.78 is 0. The third kappa shape index (κ3) is 9.97. The van der Waals surface area contributed by atoms with Crippen molar-refractivity contribution in [2.24, 2.45) is 0 Å². The van der Waals surface area contributed by atoms with Crippen LogP contribution in [0.4, 0.5) is 5.69 Å². The zero-order chi connectivity index (χ0) is 17.7. The summed E-state index contributed by atoms with van der Waals surface area (Å²) in [4.78, 5) is 5.61. The second kappa shape index (κ2) is 12.4. The first-order valence-electron chi connectivity index (χ1n) is 10.0. The Balaban J connectivity index is 1.99. The van der Waals surface area contributed by atoms with Crippen LogP contribution in [0.2, 0.25) is 0 Å². The summed E-state index contributed by atoms with van der Waals surface area (Å²) in [5.41, 5.74) is 5.64. The first-order chi connectivity index (χ1) is 11.5. The maximum absolute atomic E-state index is 5.61. The summed E-state index contributed by atoms with van der Waals surface area (Å²) in [5, 5.41) is 0. The zero-order valence-corrected chi connectivity index (χ0v) is 16.5. The molecule has 24 heavy (non-hydrogen) atoms. The predicted molar refractivity (Wildman–Crippen MR) is 107 cm³/mol. The van der Waals surface area contributed by atoms with Crippen LogP contribution < -0.4 is 5.48 Å². The molecule has 0 unspecified atom stereocenters. The lowest BCUT2D eigenvalue weighted by atomic mass is 9.87. The van der Waals surface area contributed by atoms with Crippen LogP contribution in [0.3, 0.4) is 0 Å². The van der Waals surface area contributed by atoms with E-state index in [0.717, 1.165) is 18.7 Å². The molecule has 2 heteroatoms. The molecule has 1 aromatic carbocycles. The van der Waals surface area contributed by atoms with Crippen molar-refractivity contribution in [3.8, 4) is 0 Å². The smallest absolute Gasteiger partial charge is 0.0746 e. The largest absolute Gasteiger partial charge is 0.276 e. The van der Waals surface area contributed by atoms with Crippen molar-refractivity contribution in [1.29, 1.82) is 0 Å². The minimum Gasteiger partial charge on any atom is -0.276 e. The van der Waals surface area contributed by atoms with Crippen LogP contribution in [0.1, 0.15) is 97.5 Å². The fourth-order valence-corrected chi connectivity index (χ4v) is 2.85. The van der Waals surface area contributed by atoms with E-state index in [1.165, 1.54) is 63.4 Å². The summed E-state index contributed by atoms with van der Waals surface area (Å²) in [7, 11) is 0. The second-order valence-electron chi connectivity index (χ2n) is 7.96. The average molecular weight is 334 g/mol. The molecule has 0 aliphatic rings. The highest BCUT2D eigenvalue weighted by molar-refractivity contribution is 5.45. The molecule has 1 N–H and O–H groups in total. The minimum absolute atomic E-state index is 0.175. The van der Waals surface area contributed by atoms with Crippen LogP contribution in [-0.4, -0.2) is 6.61 Å². The lowest BCUT2D eigenvalue weighted by Gasteiger charge is -2.20. The van der Waals surface area contributed by atoms with Crippen molar-refractivity contribution in [2.75, 3.05) is 12.1 Å². The second-order valence-corrected chi connectivity index (χ2v) is 7.96. The minimum atomic E-state index is 0.175. The molecule has 2 nitrogen and oxygen atoms in total. The Morgan fingerprint density at radius 3 is 2.00 bits per heavy atom. The van der Waals surface area contributed by atoms with E-state index < -0.39 is 0 Å². The molecular formula is C22H39NO. The van der Waals surface area contributed by atoms with E-state index >= 15 is 0 Å². The standard InChI is InChI=1S/C22H39NO/c1-5-6-7-8-9-10-11-12-13-14-18-24-23-21-17-15-16-20(19-21)22(2,3)4/h15-17,19,23H,5-14,18H2,1-4H3. The van der Waals surface area contributed by atoms with Crippen molar-refractivity contribution >= 4 is 5.69 Å². The van der Waals surface area contributed by atoms with Crippen LogP contribution in [-0.2, 0) is 10.3 Å². The van der Waals surface area contributed by atoms with E-state index in [2.05, 4.69) is 57.4 Å². The van der Waals surface area contributed by atoms with Gasteiger partial charge >= 0.3 is 0 Å². The van der Waals surface area contributed by atoms with Gasteiger partial charge in [0.25, 0.3) is 0 Å². The monoisotopic (exact) mass is 333 g/mol. The van der Waals surface area contributed by atoms with Gasteiger partial charge in [0.2, 0.25) is 0 Å². The van der Waals surface area contributed by atoms with E-state index in [1.54, 1.807) is 0 Å². The fourth-order valence-electron chi connectivity index (χ4n) is 2.85.